The van der Waals surface area contributed by atoms with E-state index in [2.05, 4.69) is 0 Å². The molecule has 70 valence electrons. The minimum atomic E-state index is -0.319. The molecule has 1 N–H and O–H groups in total. The predicted molar refractivity (Wildman–Crippen MR) is 50.6 cm³/mol. The summed E-state index contributed by atoms with van der Waals surface area (Å²) in [6.07, 6.45) is 2.41. The lowest BCUT2D eigenvalue weighted by molar-refractivity contribution is 0.0991. The number of aryl methyl sites for hydroxylation is 1. The highest BCUT2D eigenvalue weighted by Crippen LogP contribution is 2.28. The van der Waals surface area contributed by atoms with E-state index >= 15 is 0 Å². The van der Waals surface area contributed by atoms with Gasteiger partial charge in [-0.1, -0.05) is 6.07 Å². The fourth-order valence-corrected chi connectivity index (χ4v) is 1.47. The smallest absolute Gasteiger partial charge is 0.190 e. The van der Waals surface area contributed by atoms with Crippen LogP contribution in [-0.4, -0.2) is 16.7 Å². The first-order chi connectivity index (χ1) is 6.61. The molecule has 0 aromatic heterocycles. The lowest BCUT2D eigenvalue weighted by Gasteiger charge is -2.11. The summed E-state index contributed by atoms with van der Waals surface area (Å²) in [5.41, 5.74) is 0.998. The first-order valence-corrected chi connectivity index (χ1v) is 4.20. The number of benzene rings is 1. The molecule has 3 nitrogen and oxygen atoms in total. The molecule has 2 rings (SSSR count). The van der Waals surface area contributed by atoms with Gasteiger partial charge in [-0.05, 0) is 30.7 Å². The van der Waals surface area contributed by atoms with Crippen molar-refractivity contribution in [1.29, 1.82) is 0 Å². The molecule has 0 aliphatic heterocycles. The summed E-state index contributed by atoms with van der Waals surface area (Å²) >= 11 is 0. The van der Waals surface area contributed by atoms with Crippen LogP contribution in [0.4, 0.5) is 0 Å². The van der Waals surface area contributed by atoms with E-state index < -0.39 is 0 Å². The van der Waals surface area contributed by atoms with E-state index in [1.165, 1.54) is 12.2 Å². The molecule has 1 aliphatic carbocycles. The summed E-state index contributed by atoms with van der Waals surface area (Å²) < 4.78 is 0. The third kappa shape index (κ3) is 1.06. The Morgan fingerprint density at radius 2 is 1.71 bits per heavy atom. The number of carbonyl (C=O) groups excluding carboxylic acids is 2. The van der Waals surface area contributed by atoms with Crippen LogP contribution < -0.4 is 0 Å². The number of phenols is 1. The normalized spacial score (nSPS) is 14.4. The first-order valence-electron chi connectivity index (χ1n) is 4.20. The van der Waals surface area contributed by atoms with Crippen molar-refractivity contribution in [3.05, 3.63) is 41.0 Å². The molecular formula is C11H8O3. The zero-order chi connectivity index (χ0) is 10.3. The number of carbonyl (C=O) groups is 2. The molecule has 1 aromatic rings. The summed E-state index contributed by atoms with van der Waals surface area (Å²) in [7, 11) is 0. The molecule has 0 saturated heterocycles. The lowest BCUT2D eigenvalue weighted by atomic mass is 9.92. The molecule has 0 atom stereocenters. The van der Waals surface area contributed by atoms with Gasteiger partial charge < -0.3 is 5.11 Å². The van der Waals surface area contributed by atoms with Gasteiger partial charge in [-0.3, -0.25) is 9.59 Å². The topological polar surface area (TPSA) is 54.4 Å². The zero-order valence-electron chi connectivity index (χ0n) is 7.57. The molecule has 0 heterocycles. The lowest BCUT2D eigenvalue weighted by Crippen LogP contribution is -2.11. The largest absolute Gasteiger partial charge is 0.507 e. The van der Waals surface area contributed by atoms with Gasteiger partial charge in [-0.25, -0.2) is 0 Å². The van der Waals surface area contributed by atoms with Crippen molar-refractivity contribution >= 4 is 11.6 Å². The molecule has 0 radical (unpaired) electrons. The monoisotopic (exact) mass is 188 g/mol. The molecule has 0 amide bonds. The van der Waals surface area contributed by atoms with Crippen LogP contribution in [0.25, 0.3) is 0 Å². The third-order valence-electron chi connectivity index (χ3n) is 2.28. The van der Waals surface area contributed by atoms with Crippen molar-refractivity contribution in [3.63, 3.8) is 0 Å². The Kier molecular flexibility index (Phi) is 1.74. The summed E-state index contributed by atoms with van der Waals surface area (Å²) in [5.74, 6) is -0.652. The number of rotatable bonds is 0. The number of hydrogen-bond donors (Lipinski definition) is 1. The number of ketones is 2. The molecule has 14 heavy (non-hydrogen) atoms. The van der Waals surface area contributed by atoms with Crippen LogP contribution in [-0.2, 0) is 0 Å². The number of fused-ring (bicyclic) bond motifs is 1. The number of allylic oxidation sites excluding steroid dienone is 2. The Bertz CT molecular complexity index is 470. The Morgan fingerprint density at radius 1 is 1.07 bits per heavy atom. The highest BCUT2D eigenvalue weighted by atomic mass is 16.3. The number of aromatic hydroxyl groups is 1. The Balaban J connectivity index is 2.79. The van der Waals surface area contributed by atoms with Crippen molar-refractivity contribution in [2.75, 3.05) is 0 Å². The van der Waals surface area contributed by atoms with Gasteiger partial charge in [-0.2, -0.15) is 0 Å². The minimum absolute atomic E-state index is 0.0924. The quantitative estimate of drug-likeness (QED) is 0.673. The number of hydrogen-bond acceptors (Lipinski definition) is 3. The van der Waals surface area contributed by atoms with Crippen molar-refractivity contribution in [1.82, 2.24) is 0 Å². The van der Waals surface area contributed by atoms with Gasteiger partial charge in [0.2, 0.25) is 0 Å². The van der Waals surface area contributed by atoms with Crippen molar-refractivity contribution in [3.8, 4) is 5.75 Å². The molecule has 1 aromatic carbocycles. The maximum atomic E-state index is 11.4. The second-order valence-electron chi connectivity index (χ2n) is 3.22. The van der Waals surface area contributed by atoms with Crippen LogP contribution in [0.1, 0.15) is 26.3 Å². The van der Waals surface area contributed by atoms with Gasteiger partial charge in [0.05, 0.1) is 5.56 Å². The molecule has 0 fully saturated rings. The average Bonchev–Trinajstić information content (AvgIpc) is 2.16. The van der Waals surface area contributed by atoms with Crippen LogP contribution in [0, 0.1) is 6.92 Å². The molecule has 0 bridgehead atoms. The van der Waals surface area contributed by atoms with E-state index in [0.29, 0.717) is 5.56 Å². The van der Waals surface area contributed by atoms with Crippen molar-refractivity contribution in [2.24, 2.45) is 0 Å². The highest BCUT2D eigenvalue weighted by Gasteiger charge is 2.23. The van der Waals surface area contributed by atoms with Gasteiger partial charge in [0.15, 0.2) is 11.6 Å². The Labute approximate surface area is 80.7 Å². The summed E-state index contributed by atoms with van der Waals surface area (Å²) in [6.45, 7) is 1.69. The molecule has 0 unspecified atom stereocenters. The van der Waals surface area contributed by atoms with Crippen LogP contribution in [0.5, 0.6) is 5.75 Å². The van der Waals surface area contributed by atoms with Gasteiger partial charge in [-0.15, -0.1) is 0 Å². The van der Waals surface area contributed by atoms with E-state index in [-0.39, 0.29) is 28.4 Å². The minimum Gasteiger partial charge on any atom is -0.507 e. The average molecular weight is 188 g/mol. The van der Waals surface area contributed by atoms with Gasteiger partial charge in [0, 0.05) is 5.56 Å². The van der Waals surface area contributed by atoms with Gasteiger partial charge in [0.25, 0.3) is 0 Å². The second kappa shape index (κ2) is 2.80. The zero-order valence-corrected chi connectivity index (χ0v) is 7.57. The van der Waals surface area contributed by atoms with E-state index in [1.54, 1.807) is 19.1 Å². The summed E-state index contributed by atoms with van der Waals surface area (Å²) in [4.78, 5) is 22.7. The standard InChI is InChI=1S/C11H8O3/c1-6-2-3-7-8(12)4-5-9(13)10(7)11(6)14/h2-5,14H,1H3. The van der Waals surface area contributed by atoms with Crippen molar-refractivity contribution in [2.45, 2.75) is 6.92 Å². The number of phenolic OH excluding ortho intramolecular Hbond substituents is 1. The van der Waals surface area contributed by atoms with E-state index in [9.17, 15) is 14.7 Å². The second-order valence-corrected chi connectivity index (χ2v) is 3.22. The summed E-state index contributed by atoms with van der Waals surface area (Å²) in [5, 5.41) is 9.62. The molecule has 0 spiro atoms. The Morgan fingerprint density at radius 3 is 2.43 bits per heavy atom. The first kappa shape index (κ1) is 8.69. The van der Waals surface area contributed by atoms with E-state index in [1.807, 2.05) is 0 Å². The van der Waals surface area contributed by atoms with Gasteiger partial charge >= 0.3 is 0 Å². The third-order valence-corrected chi connectivity index (χ3v) is 2.28. The summed E-state index contributed by atoms with van der Waals surface area (Å²) in [6, 6.07) is 3.19. The fraction of sp³-hybridized carbons (Fsp3) is 0.0909. The molecular weight excluding hydrogens is 180 g/mol. The maximum Gasteiger partial charge on any atom is 0.190 e. The van der Waals surface area contributed by atoms with Gasteiger partial charge in [0.1, 0.15) is 5.75 Å². The van der Waals surface area contributed by atoms with Crippen LogP contribution >= 0.6 is 0 Å². The maximum absolute atomic E-state index is 11.4. The predicted octanol–water partition coefficient (Wildman–Crippen LogP) is 1.64. The Hall–Kier alpha value is -1.90. The van der Waals surface area contributed by atoms with E-state index in [0.717, 1.165) is 0 Å². The SMILES string of the molecule is Cc1ccc2c(c1O)C(=O)C=CC2=O. The van der Waals surface area contributed by atoms with Crippen LogP contribution in [0.15, 0.2) is 24.3 Å². The van der Waals surface area contributed by atoms with Crippen LogP contribution in [0.2, 0.25) is 0 Å². The molecule has 0 saturated carbocycles. The highest BCUT2D eigenvalue weighted by molar-refractivity contribution is 6.23. The molecule has 3 heteroatoms. The fourth-order valence-electron chi connectivity index (χ4n) is 1.47. The van der Waals surface area contributed by atoms with Crippen LogP contribution in [0.3, 0.4) is 0 Å². The molecule has 1 aliphatic rings. The van der Waals surface area contributed by atoms with Crippen molar-refractivity contribution < 1.29 is 14.7 Å². The van der Waals surface area contributed by atoms with E-state index in [4.69, 9.17) is 0 Å².